The fraction of sp³-hybridized carbons (Fsp3) is 0.286. The number of hydrogen-bond acceptors (Lipinski definition) is 3. The predicted octanol–water partition coefficient (Wildman–Crippen LogP) is 2.58. The van der Waals surface area contributed by atoms with Crippen LogP contribution in [0.25, 0.3) is 11.3 Å². The SMILES string of the molecule is O=C(c1ncoc1-c1ccccc1)N1CCCC1. The van der Waals surface area contributed by atoms with Crippen LogP contribution in [0.4, 0.5) is 0 Å². The molecule has 0 spiro atoms. The monoisotopic (exact) mass is 242 g/mol. The lowest BCUT2D eigenvalue weighted by Gasteiger charge is -2.13. The molecule has 1 aliphatic heterocycles. The van der Waals surface area contributed by atoms with E-state index in [0.717, 1.165) is 31.5 Å². The Hall–Kier alpha value is -2.10. The second-order valence-corrected chi connectivity index (χ2v) is 4.40. The van der Waals surface area contributed by atoms with E-state index in [-0.39, 0.29) is 5.91 Å². The highest BCUT2D eigenvalue weighted by Crippen LogP contribution is 2.24. The van der Waals surface area contributed by atoms with Gasteiger partial charge < -0.3 is 9.32 Å². The van der Waals surface area contributed by atoms with Gasteiger partial charge in [-0.3, -0.25) is 4.79 Å². The lowest BCUT2D eigenvalue weighted by molar-refractivity contribution is 0.0788. The normalized spacial score (nSPS) is 15.0. The molecule has 3 rings (SSSR count). The number of carbonyl (C=O) groups is 1. The minimum Gasteiger partial charge on any atom is -0.443 e. The minimum atomic E-state index is -0.0277. The predicted molar refractivity (Wildman–Crippen MR) is 67.1 cm³/mol. The molecular weight excluding hydrogens is 228 g/mol. The van der Waals surface area contributed by atoms with Gasteiger partial charge in [0.05, 0.1) is 0 Å². The van der Waals surface area contributed by atoms with Gasteiger partial charge in [0, 0.05) is 18.7 Å². The van der Waals surface area contributed by atoms with Gasteiger partial charge in [-0.15, -0.1) is 0 Å². The van der Waals surface area contributed by atoms with Crippen LogP contribution in [0.3, 0.4) is 0 Å². The summed E-state index contributed by atoms with van der Waals surface area (Å²) in [5.41, 5.74) is 1.31. The molecule has 0 aliphatic carbocycles. The summed E-state index contributed by atoms with van der Waals surface area (Å²) in [6.45, 7) is 1.64. The molecule has 0 unspecified atom stereocenters. The maximum atomic E-state index is 12.3. The van der Waals surface area contributed by atoms with Crippen LogP contribution in [-0.2, 0) is 0 Å². The fourth-order valence-electron chi connectivity index (χ4n) is 2.26. The van der Waals surface area contributed by atoms with Gasteiger partial charge in [-0.2, -0.15) is 0 Å². The van der Waals surface area contributed by atoms with Crippen LogP contribution in [0, 0.1) is 0 Å². The molecule has 92 valence electrons. The first-order valence-corrected chi connectivity index (χ1v) is 6.14. The maximum absolute atomic E-state index is 12.3. The highest BCUT2D eigenvalue weighted by Gasteiger charge is 2.25. The van der Waals surface area contributed by atoms with Crippen molar-refractivity contribution < 1.29 is 9.21 Å². The average molecular weight is 242 g/mol. The van der Waals surface area contributed by atoms with Crippen molar-refractivity contribution in [3.05, 3.63) is 42.4 Å². The molecule has 0 saturated carbocycles. The molecule has 2 aromatic rings. The zero-order valence-electron chi connectivity index (χ0n) is 10.0. The first-order valence-electron chi connectivity index (χ1n) is 6.14. The van der Waals surface area contributed by atoms with E-state index < -0.39 is 0 Å². The van der Waals surface area contributed by atoms with Gasteiger partial charge in [-0.25, -0.2) is 4.98 Å². The molecule has 4 nitrogen and oxygen atoms in total. The number of hydrogen-bond donors (Lipinski definition) is 0. The fourth-order valence-corrected chi connectivity index (χ4v) is 2.26. The van der Waals surface area contributed by atoms with E-state index >= 15 is 0 Å². The molecule has 1 aliphatic rings. The van der Waals surface area contributed by atoms with Gasteiger partial charge in [0.2, 0.25) is 0 Å². The molecule has 18 heavy (non-hydrogen) atoms. The Balaban J connectivity index is 1.94. The number of aromatic nitrogens is 1. The third kappa shape index (κ3) is 1.90. The summed E-state index contributed by atoms with van der Waals surface area (Å²) in [4.78, 5) is 18.2. The number of rotatable bonds is 2. The van der Waals surface area contributed by atoms with E-state index in [1.54, 1.807) is 0 Å². The number of likely N-dealkylation sites (tertiary alicyclic amines) is 1. The highest BCUT2D eigenvalue weighted by atomic mass is 16.3. The Labute approximate surface area is 105 Å². The van der Waals surface area contributed by atoms with Crippen LogP contribution in [0.1, 0.15) is 23.3 Å². The topological polar surface area (TPSA) is 46.3 Å². The van der Waals surface area contributed by atoms with Crippen molar-refractivity contribution in [1.82, 2.24) is 9.88 Å². The Morgan fingerprint density at radius 2 is 1.89 bits per heavy atom. The van der Waals surface area contributed by atoms with Crippen molar-refractivity contribution in [3.63, 3.8) is 0 Å². The van der Waals surface area contributed by atoms with Crippen LogP contribution in [0.15, 0.2) is 41.1 Å². The summed E-state index contributed by atoms with van der Waals surface area (Å²) in [7, 11) is 0. The Morgan fingerprint density at radius 1 is 1.17 bits per heavy atom. The second-order valence-electron chi connectivity index (χ2n) is 4.40. The smallest absolute Gasteiger partial charge is 0.276 e. The molecule has 0 N–H and O–H groups in total. The van der Waals surface area contributed by atoms with E-state index in [1.165, 1.54) is 6.39 Å². The molecule has 1 aromatic carbocycles. The van der Waals surface area contributed by atoms with Gasteiger partial charge in [0.15, 0.2) is 17.8 Å². The first-order chi connectivity index (χ1) is 8.86. The number of oxazole rings is 1. The van der Waals surface area contributed by atoms with E-state index in [1.807, 2.05) is 35.2 Å². The lowest BCUT2D eigenvalue weighted by atomic mass is 10.1. The third-order valence-corrected chi connectivity index (χ3v) is 3.20. The standard InChI is InChI=1S/C14H14N2O2/c17-14(16-8-4-5-9-16)12-13(18-10-15-12)11-6-2-1-3-7-11/h1-3,6-7,10H,4-5,8-9H2. The number of nitrogens with zero attached hydrogens (tertiary/aromatic N) is 2. The first kappa shape index (κ1) is 11.0. The zero-order chi connectivity index (χ0) is 12.4. The minimum absolute atomic E-state index is 0.0277. The van der Waals surface area contributed by atoms with E-state index in [4.69, 9.17) is 4.42 Å². The Kier molecular flexibility index (Phi) is 2.84. The lowest BCUT2D eigenvalue weighted by Crippen LogP contribution is -2.28. The van der Waals surface area contributed by atoms with Crippen molar-refractivity contribution in [2.45, 2.75) is 12.8 Å². The van der Waals surface area contributed by atoms with Gasteiger partial charge in [-0.1, -0.05) is 30.3 Å². The zero-order valence-corrected chi connectivity index (χ0v) is 10.0. The van der Waals surface area contributed by atoms with Crippen LogP contribution in [-0.4, -0.2) is 28.9 Å². The maximum Gasteiger partial charge on any atom is 0.276 e. The Morgan fingerprint density at radius 3 is 2.61 bits per heavy atom. The molecule has 1 saturated heterocycles. The van der Waals surface area contributed by atoms with Crippen molar-refractivity contribution >= 4 is 5.91 Å². The van der Waals surface area contributed by atoms with E-state index in [0.29, 0.717) is 11.5 Å². The van der Waals surface area contributed by atoms with E-state index in [2.05, 4.69) is 4.98 Å². The van der Waals surface area contributed by atoms with Crippen molar-refractivity contribution in [2.75, 3.05) is 13.1 Å². The molecular formula is C14H14N2O2. The quantitative estimate of drug-likeness (QED) is 0.813. The molecule has 0 atom stereocenters. The molecule has 0 bridgehead atoms. The molecule has 1 amide bonds. The van der Waals surface area contributed by atoms with Crippen molar-refractivity contribution in [1.29, 1.82) is 0 Å². The highest BCUT2D eigenvalue weighted by molar-refractivity contribution is 5.97. The molecule has 1 aromatic heterocycles. The van der Waals surface area contributed by atoms with Gasteiger partial charge in [0.25, 0.3) is 5.91 Å². The molecule has 2 heterocycles. The summed E-state index contributed by atoms with van der Waals surface area (Å²) in [6, 6.07) is 9.61. The summed E-state index contributed by atoms with van der Waals surface area (Å²) >= 11 is 0. The van der Waals surface area contributed by atoms with Crippen LogP contribution < -0.4 is 0 Å². The van der Waals surface area contributed by atoms with Gasteiger partial charge >= 0.3 is 0 Å². The average Bonchev–Trinajstić information content (AvgIpc) is 3.10. The molecule has 4 heteroatoms. The summed E-state index contributed by atoms with van der Waals surface area (Å²) in [6.07, 6.45) is 3.49. The van der Waals surface area contributed by atoms with Crippen molar-refractivity contribution in [2.24, 2.45) is 0 Å². The summed E-state index contributed by atoms with van der Waals surface area (Å²) in [5, 5.41) is 0. The summed E-state index contributed by atoms with van der Waals surface area (Å²) < 4.78 is 5.37. The van der Waals surface area contributed by atoms with Crippen LogP contribution in [0.2, 0.25) is 0 Å². The molecule has 1 fully saturated rings. The van der Waals surface area contributed by atoms with Gasteiger partial charge in [-0.05, 0) is 12.8 Å². The number of amides is 1. The van der Waals surface area contributed by atoms with Crippen LogP contribution in [0.5, 0.6) is 0 Å². The van der Waals surface area contributed by atoms with Gasteiger partial charge in [0.1, 0.15) is 0 Å². The Bertz CT molecular complexity index is 542. The molecule has 0 radical (unpaired) electrons. The van der Waals surface area contributed by atoms with Crippen molar-refractivity contribution in [3.8, 4) is 11.3 Å². The van der Waals surface area contributed by atoms with E-state index in [9.17, 15) is 4.79 Å². The van der Waals surface area contributed by atoms with Crippen LogP contribution >= 0.6 is 0 Å². The number of benzene rings is 1. The summed E-state index contributed by atoms with van der Waals surface area (Å²) in [5.74, 6) is 0.535. The number of carbonyl (C=O) groups excluding carboxylic acids is 1. The largest absolute Gasteiger partial charge is 0.443 e. The second kappa shape index (κ2) is 4.64. The third-order valence-electron chi connectivity index (χ3n) is 3.20.